The number of likely N-dealkylation sites (N-methyl/N-ethyl adjacent to an activating group) is 1. The van der Waals surface area contributed by atoms with E-state index in [0.29, 0.717) is 0 Å². The molecule has 1 rings (SSSR count). The van der Waals surface area contributed by atoms with Crippen molar-refractivity contribution in [1.82, 2.24) is 10.6 Å². The van der Waals surface area contributed by atoms with Gasteiger partial charge in [-0.1, -0.05) is 0 Å². The molecule has 0 aliphatic heterocycles. The molecular weight excluding hydrogens is 215 g/mol. The van der Waals surface area contributed by atoms with E-state index >= 15 is 0 Å². The largest absolute Gasteiger partial charge is 0.508 e. The lowest BCUT2D eigenvalue weighted by Crippen LogP contribution is -2.35. The number of amides is 2. The second-order valence-corrected chi connectivity index (χ2v) is 3.02. The van der Waals surface area contributed by atoms with Crippen LogP contribution >= 0.6 is 0 Å². The van der Waals surface area contributed by atoms with E-state index in [2.05, 4.69) is 10.6 Å². The quantitative estimate of drug-likeness (QED) is 0.679. The molecule has 86 valence electrons. The van der Waals surface area contributed by atoms with Crippen molar-refractivity contribution < 1.29 is 19.1 Å². The Bertz CT molecular complexity index is 421. The van der Waals surface area contributed by atoms with Gasteiger partial charge in [0, 0.05) is 13.1 Å². The number of phenolic OH excluding ortho intramolecular Hbond substituents is 1. The van der Waals surface area contributed by atoms with E-state index in [1.807, 2.05) is 0 Å². The minimum absolute atomic E-state index is 0.221. The Kier molecular flexibility index (Phi) is 3.82. The van der Waals surface area contributed by atoms with Gasteiger partial charge in [-0.05, 0) is 12.1 Å². The smallest absolute Gasteiger partial charge is 0.254 e. The van der Waals surface area contributed by atoms with Crippen molar-refractivity contribution in [3.05, 3.63) is 29.6 Å². The Morgan fingerprint density at radius 1 is 1.44 bits per heavy atom. The summed E-state index contributed by atoms with van der Waals surface area (Å²) in [6.07, 6.45) is 0. The van der Waals surface area contributed by atoms with Gasteiger partial charge in [-0.25, -0.2) is 4.39 Å². The van der Waals surface area contributed by atoms with E-state index in [1.165, 1.54) is 13.1 Å². The van der Waals surface area contributed by atoms with Gasteiger partial charge in [0.05, 0.1) is 12.1 Å². The number of rotatable bonds is 3. The first-order chi connectivity index (χ1) is 7.54. The molecule has 3 N–H and O–H groups in total. The zero-order chi connectivity index (χ0) is 12.1. The Morgan fingerprint density at radius 2 is 2.12 bits per heavy atom. The fraction of sp³-hybridized carbons (Fsp3) is 0.200. The number of hydrogen-bond donors (Lipinski definition) is 3. The Morgan fingerprint density at radius 3 is 2.69 bits per heavy atom. The van der Waals surface area contributed by atoms with Crippen molar-refractivity contribution in [2.75, 3.05) is 13.6 Å². The van der Waals surface area contributed by atoms with Crippen molar-refractivity contribution >= 4 is 11.8 Å². The molecule has 2 amide bonds. The number of halogens is 1. The molecule has 6 heteroatoms. The Hall–Kier alpha value is -2.11. The highest BCUT2D eigenvalue weighted by molar-refractivity contribution is 5.96. The van der Waals surface area contributed by atoms with Crippen LogP contribution in [0.25, 0.3) is 0 Å². The zero-order valence-corrected chi connectivity index (χ0v) is 8.58. The van der Waals surface area contributed by atoms with Crippen molar-refractivity contribution in [3.63, 3.8) is 0 Å². The molecule has 0 saturated carbocycles. The van der Waals surface area contributed by atoms with E-state index < -0.39 is 11.7 Å². The average Bonchev–Trinajstić information content (AvgIpc) is 2.25. The first-order valence-corrected chi connectivity index (χ1v) is 4.52. The van der Waals surface area contributed by atoms with Crippen LogP contribution in [0.2, 0.25) is 0 Å². The van der Waals surface area contributed by atoms with Gasteiger partial charge in [0.2, 0.25) is 5.91 Å². The lowest BCUT2D eigenvalue weighted by molar-refractivity contribution is -0.119. The monoisotopic (exact) mass is 226 g/mol. The van der Waals surface area contributed by atoms with Crippen LogP contribution in [-0.4, -0.2) is 30.5 Å². The molecule has 16 heavy (non-hydrogen) atoms. The average molecular weight is 226 g/mol. The number of carbonyl (C=O) groups is 2. The molecular formula is C10H11FN2O3. The number of nitrogens with one attached hydrogen (secondary N) is 2. The first kappa shape index (κ1) is 12.0. The molecule has 0 radical (unpaired) electrons. The molecule has 0 heterocycles. The number of phenols is 1. The molecule has 0 spiro atoms. The van der Waals surface area contributed by atoms with Crippen LogP contribution in [0.5, 0.6) is 5.75 Å². The van der Waals surface area contributed by atoms with Crippen LogP contribution in [0.1, 0.15) is 10.4 Å². The van der Waals surface area contributed by atoms with Gasteiger partial charge < -0.3 is 15.7 Å². The van der Waals surface area contributed by atoms with Crippen molar-refractivity contribution in [3.8, 4) is 5.75 Å². The van der Waals surface area contributed by atoms with Gasteiger partial charge in [-0.2, -0.15) is 0 Å². The predicted octanol–water partition coefficient (Wildman–Crippen LogP) is 0.00710. The lowest BCUT2D eigenvalue weighted by atomic mass is 10.2. The maximum absolute atomic E-state index is 13.2. The van der Waals surface area contributed by atoms with Gasteiger partial charge in [0.1, 0.15) is 11.6 Å². The molecule has 0 aromatic heterocycles. The summed E-state index contributed by atoms with van der Waals surface area (Å²) in [6.45, 7) is -0.227. The SMILES string of the molecule is CNC(=O)CNC(=O)c1ccc(O)cc1F. The zero-order valence-electron chi connectivity index (χ0n) is 8.58. The summed E-state index contributed by atoms with van der Waals surface area (Å²) >= 11 is 0. The lowest BCUT2D eigenvalue weighted by Gasteiger charge is -2.05. The van der Waals surface area contributed by atoms with Gasteiger partial charge in [0.15, 0.2) is 0 Å². The second-order valence-electron chi connectivity index (χ2n) is 3.02. The fourth-order valence-electron chi connectivity index (χ4n) is 1.03. The molecule has 0 atom stereocenters. The molecule has 0 saturated heterocycles. The molecule has 0 fully saturated rings. The fourth-order valence-corrected chi connectivity index (χ4v) is 1.03. The summed E-state index contributed by atoms with van der Waals surface area (Å²) in [5.74, 6) is -2.19. The summed E-state index contributed by atoms with van der Waals surface area (Å²) < 4.78 is 13.2. The van der Waals surface area contributed by atoms with Gasteiger partial charge in [-0.3, -0.25) is 9.59 Å². The van der Waals surface area contributed by atoms with Crippen LogP contribution in [0.4, 0.5) is 4.39 Å². The van der Waals surface area contributed by atoms with Crippen LogP contribution < -0.4 is 10.6 Å². The second kappa shape index (κ2) is 5.11. The predicted molar refractivity (Wildman–Crippen MR) is 54.5 cm³/mol. The van der Waals surface area contributed by atoms with Crippen molar-refractivity contribution in [1.29, 1.82) is 0 Å². The van der Waals surface area contributed by atoms with Crippen molar-refractivity contribution in [2.24, 2.45) is 0 Å². The number of aromatic hydroxyl groups is 1. The highest BCUT2D eigenvalue weighted by atomic mass is 19.1. The molecule has 0 unspecified atom stereocenters. The van der Waals surface area contributed by atoms with E-state index in [4.69, 9.17) is 5.11 Å². The van der Waals surface area contributed by atoms with E-state index in [9.17, 15) is 14.0 Å². The standard InChI is InChI=1S/C10H11FN2O3/c1-12-9(15)5-13-10(16)7-3-2-6(14)4-8(7)11/h2-4,14H,5H2,1H3,(H,12,15)(H,13,16). The third-order valence-corrected chi connectivity index (χ3v) is 1.89. The van der Waals surface area contributed by atoms with E-state index in [0.717, 1.165) is 12.1 Å². The third-order valence-electron chi connectivity index (χ3n) is 1.89. The maximum Gasteiger partial charge on any atom is 0.254 e. The van der Waals surface area contributed by atoms with Gasteiger partial charge in [0.25, 0.3) is 5.91 Å². The molecule has 0 bridgehead atoms. The topological polar surface area (TPSA) is 78.4 Å². The van der Waals surface area contributed by atoms with Crippen LogP contribution in [0.3, 0.4) is 0 Å². The van der Waals surface area contributed by atoms with Gasteiger partial charge in [-0.15, -0.1) is 0 Å². The van der Waals surface area contributed by atoms with E-state index in [1.54, 1.807) is 0 Å². The van der Waals surface area contributed by atoms with Crippen LogP contribution in [0.15, 0.2) is 18.2 Å². The number of benzene rings is 1. The van der Waals surface area contributed by atoms with E-state index in [-0.39, 0.29) is 23.8 Å². The maximum atomic E-state index is 13.2. The minimum Gasteiger partial charge on any atom is -0.508 e. The highest BCUT2D eigenvalue weighted by Crippen LogP contribution is 2.14. The van der Waals surface area contributed by atoms with Gasteiger partial charge >= 0.3 is 0 Å². The van der Waals surface area contributed by atoms with Crippen LogP contribution in [0, 0.1) is 5.82 Å². The molecule has 5 nitrogen and oxygen atoms in total. The summed E-state index contributed by atoms with van der Waals surface area (Å²) in [7, 11) is 1.43. The highest BCUT2D eigenvalue weighted by Gasteiger charge is 2.12. The normalized spacial score (nSPS) is 9.62. The Labute approximate surface area is 91.3 Å². The van der Waals surface area contributed by atoms with Crippen LogP contribution in [-0.2, 0) is 4.79 Å². The third kappa shape index (κ3) is 2.94. The Balaban J connectivity index is 2.70. The number of carbonyl (C=O) groups excluding carboxylic acids is 2. The molecule has 1 aromatic rings. The summed E-state index contributed by atoms with van der Waals surface area (Å²) in [6, 6.07) is 3.16. The summed E-state index contributed by atoms with van der Waals surface area (Å²) in [4.78, 5) is 22.2. The molecule has 1 aromatic carbocycles. The summed E-state index contributed by atoms with van der Waals surface area (Å²) in [5, 5.41) is 13.5. The molecule has 0 aliphatic carbocycles. The number of hydrogen-bond acceptors (Lipinski definition) is 3. The van der Waals surface area contributed by atoms with Crippen molar-refractivity contribution in [2.45, 2.75) is 0 Å². The minimum atomic E-state index is -0.839. The summed E-state index contributed by atoms with van der Waals surface area (Å²) in [5.41, 5.74) is -0.221. The first-order valence-electron chi connectivity index (χ1n) is 4.52. The molecule has 0 aliphatic rings.